The fourth-order valence-electron chi connectivity index (χ4n) is 2.08. The number of anilines is 1. The van der Waals surface area contributed by atoms with Crippen LogP contribution in [-0.2, 0) is 4.79 Å². The molecular formula is C12H11F3N2O4. The molecule has 0 bridgehead atoms. The van der Waals surface area contributed by atoms with E-state index in [0.717, 1.165) is 11.0 Å². The topological polar surface area (TPSA) is 89.9 Å². The molecule has 2 atom stereocenters. The largest absolute Gasteiger partial charge is 0.480 e. The van der Waals surface area contributed by atoms with Gasteiger partial charge in [0.25, 0.3) is 0 Å². The number of hydrogen-bond donors (Lipinski definition) is 3. The standard InChI is InChI=1S/C12H11F3N2O4/c13-6-1-2-7(10(15)9(6)14)16-12(21)17-4-5(18)3-8(17)11(19)20/h1-2,5,8,18H,3-4H2,(H,16,21)(H,19,20)/t5-,8-/m1/s1. The van der Waals surface area contributed by atoms with Gasteiger partial charge in [-0.2, -0.15) is 0 Å². The summed E-state index contributed by atoms with van der Waals surface area (Å²) >= 11 is 0. The van der Waals surface area contributed by atoms with E-state index in [1.807, 2.05) is 5.32 Å². The van der Waals surface area contributed by atoms with Crippen LogP contribution in [0.4, 0.5) is 23.7 Å². The maximum Gasteiger partial charge on any atom is 0.326 e. The Labute approximate surface area is 116 Å². The Bertz CT molecular complexity index is 596. The summed E-state index contributed by atoms with van der Waals surface area (Å²) in [6, 6.07) is -0.854. The Morgan fingerprint density at radius 3 is 2.52 bits per heavy atom. The molecule has 0 aromatic heterocycles. The van der Waals surface area contributed by atoms with Gasteiger partial charge in [0.1, 0.15) is 6.04 Å². The van der Waals surface area contributed by atoms with Gasteiger partial charge >= 0.3 is 12.0 Å². The molecule has 1 saturated heterocycles. The Hall–Kier alpha value is -2.29. The number of hydrogen-bond acceptors (Lipinski definition) is 3. The number of nitrogens with zero attached hydrogens (tertiary/aromatic N) is 1. The lowest BCUT2D eigenvalue weighted by Gasteiger charge is -2.21. The number of urea groups is 1. The van der Waals surface area contributed by atoms with E-state index in [4.69, 9.17) is 5.11 Å². The molecule has 1 aliphatic rings. The molecule has 9 heteroatoms. The average Bonchev–Trinajstić information content (AvgIpc) is 2.82. The fourth-order valence-corrected chi connectivity index (χ4v) is 2.08. The predicted molar refractivity (Wildman–Crippen MR) is 64.1 cm³/mol. The summed E-state index contributed by atoms with van der Waals surface area (Å²) < 4.78 is 39.2. The molecule has 2 rings (SSSR count). The van der Waals surface area contributed by atoms with Gasteiger partial charge in [-0.15, -0.1) is 0 Å². The third kappa shape index (κ3) is 2.92. The van der Waals surface area contributed by atoms with Crippen molar-refractivity contribution >= 4 is 17.7 Å². The summed E-state index contributed by atoms with van der Waals surface area (Å²) in [4.78, 5) is 23.6. The molecular weight excluding hydrogens is 293 g/mol. The van der Waals surface area contributed by atoms with Crippen LogP contribution < -0.4 is 5.32 Å². The maximum atomic E-state index is 13.4. The molecule has 2 amide bonds. The van der Waals surface area contributed by atoms with E-state index in [1.165, 1.54) is 0 Å². The molecule has 0 aliphatic carbocycles. The van der Waals surface area contributed by atoms with Gasteiger partial charge in [0, 0.05) is 13.0 Å². The Morgan fingerprint density at radius 2 is 1.90 bits per heavy atom. The second-order valence-corrected chi connectivity index (χ2v) is 4.55. The van der Waals surface area contributed by atoms with Crippen molar-refractivity contribution in [3.63, 3.8) is 0 Å². The van der Waals surface area contributed by atoms with Gasteiger partial charge in [-0.1, -0.05) is 0 Å². The van der Waals surface area contributed by atoms with Gasteiger partial charge in [-0.3, -0.25) is 0 Å². The van der Waals surface area contributed by atoms with Gasteiger partial charge < -0.3 is 20.4 Å². The summed E-state index contributed by atoms with van der Waals surface area (Å²) in [5.41, 5.74) is -0.621. The number of carbonyl (C=O) groups is 2. The molecule has 1 aliphatic heterocycles. The van der Waals surface area contributed by atoms with E-state index < -0.39 is 47.3 Å². The lowest BCUT2D eigenvalue weighted by molar-refractivity contribution is -0.141. The zero-order valence-corrected chi connectivity index (χ0v) is 10.5. The third-order valence-electron chi connectivity index (χ3n) is 3.10. The van der Waals surface area contributed by atoms with Crippen LogP contribution >= 0.6 is 0 Å². The Morgan fingerprint density at radius 1 is 1.24 bits per heavy atom. The summed E-state index contributed by atoms with van der Waals surface area (Å²) in [5, 5.41) is 20.3. The highest BCUT2D eigenvalue weighted by molar-refractivity contribution is 5.92. The summed E-state index contributed by atoms with van der Waals surface area (Å²) in [7, 11) is 0. The number of aliphatic hydroxyl groups excluding tert-OH is 1. The molecule has 0 spiro atoms. The summed E-state index contributed by atoms with van der Waals surface area (Å²) in [6.45, 7) is -0.256. The van der Waals surface area contributed by atoms with Crippen molar-refractivity contribution < 1.29 is 33.0 Å². The number of carboxylic acid groups (broad SMARTS) is 1. The van der Waals surface area contributed by atoms with E-state index in [9.17, 15) is 27.9 Å². The van der Waals surface area contributed by atoms with Crippen LogP contribution in [0.15, 0.2) is 12.1 Å². The number of benzene rings is 1. The third-order valence-corrected chi connectivity index (χ3v) is 3.10. The van der Waals surface area contributed by atoms with E-state index in [-0.39, 0.29) is 13.0 Å². The maximum absolute atomic E-state index is 13.4. The van der Waals surface area contributed by atoms with Crippen molar-refractivity contribution in [2.75, 3.05) is 11.9 Å². The van der Waals surface area contributed by atoms with Crippen molar-refractivity contribution in [3.8, 4) is 0 Å². The van der Waals surface area contributed by atoms with Crippen LogP contribution in [-0.4, -0.2) is 45.8 Å². The minimum atomic E-state index is -1.75. The van der Waals surface area contributed by atoms with E-state index in [2.05, 4.69) is 0 Å². The van der Waals surface area contributed by atoms with Crippen LogP contribution in [0.5, 0.6) is 0 Å². The highest BCUT2D eigenvalue weighted by Crippen LogP contribution is 2.23. The number of rotatable bonds is 2. The number of aliphatic carboxylic acids is 1. The normalized spacial score (nSPS) is 21.4. The molecule has 0 radical (unpaired) electrons. The van der Waals surface area contributed by atoms with Crippen molar-refractivity contribution in [1.82, 2.24) is 4.90 Å². The molecule has 3 N–H and O–H groups in total. The summed E-state index contributed by atoms with van der Waals surface area (Å²) in [6.07, 6.45) is -1.19. The molecule has 114 valence electrons. The molecule has 0 unspecified atom stereocenters. The second kappa shape index (κ2) is 5.60. The van der Waals surface area contributed by atoms with E-state index in [1.54, 1.807) is 0 Å². The Balaban J connectivity index is 2.18. The zero-order chi connectivity index (χ0) is 15.7. The molecule has 1 heterocycles. The van der Waals surface area contributed by atoms with Crippen molar-refractivity contribution in [1.29, 1.82) is 0 Å². The minimum Gasteiger partial charge on any atom is -0.480 e. The number of nitrogens with one attached hydrogen (secondary N) is 1. The predicted octanol–water partition coefficient (Wildman–Crippen LogP) is 1.16. The number of carboxylic acids is 1. The quantitative estimate of drug-likeness (QED) is 0.715. The molecule has 1 fully saturated rings. The SMILES string of the molecule is O=C(O)[C@H]1C[C@@H](O)CN1C(=O)Nc1ccc(F)c(F)c1F. The van der Waals surface area contributed by atoms with Crippen LogP contribution in [0.1, 0.15) is 6.42 Å². The van der Waals surface area contributed by atoms with Crippen LogP contribution in [0.3, 0.4) is 0 Å². The summed E-state index contributed by atoms with van der Waals surface area (Å²) in [5.74, 6) is -6.07. The molecule has 21 heavy (non-hydrogen) atoms. The molecule has 1 aromatic rings. The van der Waals surface area contributed by atoms with Gasteiger partial charge in [0.15, 0.2) is 17.5 Å². The first-order valence-electron chi connectivity index (χ1n) is 5.93. The van der Waals surface area contributed by atoms with Crippen molar-refractivity contribution in [3.05, 3.63) is 29.6 Å². The number of carbonyl (C=O) groups excluding carboxylic acids is 1. The van der Waals surface area contributed by atoms with E-state index >= 15 is 0 Å². The molecule has 0 saturated carbocycles. The molecule has 6 nitrogen and oxygen atoms in total. The van der Waals surface area contributed by atoms with Crippen molar-refractivity contribution in [2.24, 2.45) is 0 Å². The number of halogens is 3. The number of amides is 2. The first-order chi connectivity index (χ1) is 9.81. The molecule has 1 aromatic carbocycles. The first-order valence-corrected chi connectivity index (χ1v) is 5.93. The number of likely N-dealkylation sites (tertiary alicyclic amines) is 1. The lowest BCUT2D eigenvalue weighted by Crippen LogP contribution is -2.43. The van der Waals surface area contributed by atoms with Crippen LogP contribution in [0.25, 0.3) is 0 Å². The fraction of sp³-hybridized carbons (Fsp3) is 0.333. The Kier molecular flexibility index (Phi) is 4.03. The lowest BCUT2D eigenvalue weighted by atomic mass is 10.2. The average molecular weight is 304 g/mol. The zero-order valence-electron chi connectivity index (χ0n) is 10.5. The smallest absolute Gasteiger partial charge is 0.326 e. The van der Waals surface area contributed by atoms with Gasteiger partial charge in [0.05, 0.1) is 11.8 Å². The monoisotopic (exact) mass is 304 g/mol. The van der Waals surface area contributed by atoms with Gasteiger partial charge in [-0.05, 0) is 12.1 Å². The second-order valence-electron chi connectivity index (χ2n) is 4.55. The van der Waals surface area contributed by atoms with E-state index in [0.29, 0.717) is 6.07 Å². The minimum absolute atomic E-state index is 0.164. The number of aliphatic hydroxyl groups is 1. The van der Waals surface area contributed by atoms with Crippen molar-refractivity contribution in [2.45, 2.75) is 18.6 Å². The first kappa shape index (κ1) is 15.1. The highest BCUT2D eigenvalue weighted by Gasteiger charge is 2.39. The van der Waals surface area contributed by atoms with Gasteiger partial charge in [-0.25, -0.2) is 22.8 Å². The van der Waals surface area contributed by atoms with Crippen LogP contribution in [0.2, 0.25) is 0 Å². The number of β-amino-alcohol motifs (C(OH)–C–C–N with tert-alkyl or cyclic N) is 1. The van der Waals surface area contributed by atoms with Gasteiger partial charge in [0.2, 0.25) is 0 Å². The van der Waals surface area contributed by atoms with Crippen LogP contribution in [0, 0.1) is 17.5 Å². The highest BCUT2D eigenvalue weighted by atomic mass is 19.2.